The van der Waals surface area contributed by atoms with Crippen LogP contribution in [0.5, 0.6) is 0 Å². The normalized spacial score (nSPS) is 16.3. The first-order valence-corrected chi connectivity index (χ1v) is 13.0. The first kappa shape index (κ1) is 30.8. The molecule has 212 valence electrons. The van der Waals surface area contributed by atoms with Gasteiger partial charge in [-0.05, 0) is 58.6 Å². The van der Waals surface area contributed by atoms with E-state index in [1.807, 2.05) is 0 Å². The highest BCUT2D eigenvalue weighted by molar-refractivity contribution is 5.94. The zero-order valence-electron chi connectivity index (χ0n) is 22.5. The summed E-state index contributed by atoms with van der Waals surface area (Å²) in [5, 5.41) is 5.44. The van der Waals surface area contributed by atoms with E-state index in [2.05, 4.69) is 38.6 Å². The van der Waals surface area contributed by atoms with E-state index in [1.165, 1.54) is 6.20 Å². The molecule has 0 aromatic carbocycles. The summed E-state index contributed by atoms with van der Waals surface area (Å²) in [5.41, 5.74) is 4.74. The molecule has 0 bridgehead atoms. The number of amides is 3. The molecule has 1 heterocycles. The Kier molecular flexibility index (Phi) is 14.0. The average Bonchev–Trinajstić information content (AvgIpc) is 2.84. The molecule has 1 aromatic heterocycles. The number of hydrogen-bond acceptors (Lipinski definition) is 9. The van der Waals surface area contributed by atoms with E-state index in [4.69, 9.17) is 18.9 Å². The van der Waals surface area contributed by atoms with Gasteiger partial charge in [0.05, 0.1) is 32.0 Å². The molecule has 2 rings (SSSR count). The van der Waals surface area contributed by atoms with Gasteiger partial charge in [0.2, 0.25) is 0 Å². The molecular weight excluding hydrogens is 494 g/mol. The van der Waals surface area contributed by atoms with Gasteiger partial charge < -0.3 is 29.6 Å². The summed E-state index contributed by atoms with van der Waals surface area (Å²) in [6, 6.07) is 3.14. The molecule has 1 unspecified atom stereocenters. The van der Waals surface area contributed by atoms with Crippen molar-refractivity contribution < 1.29 is 33.3 Å². The van der Waals surface area contributed by atoms with Crippen molar-refractivity contribution >= 4 is 23.9 Å². The topological polar surface area (TPSA) is 149 Å². The summed E-state index contributed by atoms with van der Waals surface area (Å²) in [4.78, 5) is 39.8. The van der Waals surface area contributed by atoms with E-state index in [-0.39, 0.29) is 12.0 Å². The van der Waals surface area contributed by atoms with Gasteiger partial charge in [0, 0.05) is 25.7 Å². The molecular formula is C26H41N5O7. The summed E-state index contributed by atoms with van der Waals surface area (Å²) in [5.74, 6) is 0.0626. The number of carbonyl (C=O) groups excluding carboxylic acids is 3. The van der Waals surface area contributed by atoms with Gasteiger partial charge in [-0.1, -0.05) is 12.2 Å². The van der Waals surface area contributed by atoms with Gasteiger partial charge in [-0.2, -0.15) is 0 Å². The van der Waals surface area contributed by atoms with Crippen molar-refractivity contribution in [2.75, 3.05) is 44.9 Å². The first-order chi connectivity index (χ1) is 18.2. The predicted octanol–water partition coefficient (Wildman–Crippen LogP) is 3.31. The fourth-order valence-corrected chi connectivity index (χ4v) is 3.32. The lowest BCUT2D eigenvalue weighted by atomic mass is 10.0. The number of nitrogens with zero attached hydrogens (tertiary/aromatic N) is 1. The number of carbonyl (C=O) groups is 3. The van der Waals surface area contributed by atoms with E-state index in [0.717, 1.165) is 32.1 Å². The lowest BCUT2D eigenvalue weighted by Gasteiger charge is -2.19. The molecule has 0 spiro atoms. The third-order valence-corrected chi connectivity index (χ3v) is 5.12. The number of rotatable bonds is 13. The minimum absolute atomic E-state index is 0.0675. The van der Waals surface area contributed by atoms with Crippen molar-refractivity contribution in [1.82, 2.24) is 21.0 Å². The first-order valence-electron chi connectivity index (χ1n) is 13.0. The third-order valence-electron chi connectivity index (χ3n) is 5.12. The highest BCUT2D eigenvalue weighted by atomic mass is 16.6. The number of ether oxygens (including phenoxy) is 4. The highest BCUT2D eigenvalue weighted by Crippen LogP contribution is 2.15. The minimum atomic E-state index is -0.638. The molecule has 4 N–H and O–H groups in total. The van der Waals surface area contributed by atoms with E-state index < -0.39 is 17.8 Å². The average molecular weight is 536 g/mol. The molecule has 0 saturated carbocycles. The predicted molar refractivity (Wildman–Crippen MR) is 142 cm³/mol. The maximum atomic E-state index is 12.2. The second kappa shape index (κ2) is 17.2. The number of nitrogens with one attached hydrogen (secondary N) is 4. The molecule has 1 aromatic rings. The summed E-state index contributed by atoms with van der Waals surface area (Å²) < 4.78 is 21.4. The lowest BCUT2D eigenvalue weighted by molar-refractivity contribution is 0.0471. The number of allylic oxidation sites excluding steroid dienone is 1. The number of aromatic nitrogens is 1. The number of pyridine rings is 1. The lowest BCUT2D eigenvalue weighted by Crippen LogP contribution is -2.36. The van der Waals surface area contributed by atoms with Crippen LogP contribution in [0.25, 0.3) is 0 Å². The van der Waals surface area contributed by atoms with Crippen molar-refractivity contribution in [3.05, 3.63) is 36.0 Å². The van der Waals surface area contributed by atoms with Gasteiger partial charge in [0.25, 0.3) is 5.91 Å². The van der Waals surface area contributed by atoms with Gasteiger partial charge >= 0.3 is 12.2 Å². The summed E-state index contributed by atoms with van der Waals surface area (Å²) in [6.07, 6.45) is 9.42. The van der Waals surface area contributed by atoms with Gasteiger partial charge in [-0.15, -0.1) is 0 Å². The Morgan fingerprint density at radius 3 is 2.37 bits per heavy atom. The summed E-state index contributed by atoms with van der Waals surface area (Å²) >= 11 is 0. The molecule has 0 fully saturated rings. The van der Waals surface area contributed by atoms with Crippen LogP contribution in [0.15, 0.2) is 30.5 Å². The number of anilines is 1. The minimum Gasteiger partial charge on any atom is -0.446 e. The van der Waals surface area contributed by atoms with Gasteiger partial charge in [0.15, 0.2) is 0 Å². The van der Waals surface area contributed by atoms with Crippen molar-refractivity contribution in [2.24, 2.45) is 0 Å². The van der Waals surface area contributed by atoms with Gasteiger partial charge in [0.1, 0.15) is 17.5 Å². The monoisotopic (exact) mass is 535 g/mol. The molecule has 0 saturated heterocycles. The van der Waals surface area contributed by atoms with Crippen LogP contribution in [-0.4, -0.2) is 74.3 Å². The van der Waals surface area contributed by atoms with Crippen LogP contribution in [0.4, 0.5) is 15.4 Å². The quantitative estimate of drug-likeness (QED) is 0.169. The second-order valence-corrected chi connectivity index (χ2v) is 9.61. The summed E-state index contributed by atoms with van der Waals surface area (Å²) in [7, 11) is 0. The molecule has 1 aliphatic rings. The fourth-order valence-electron chi connectivity index (χ4n) is 3.32. The Hall–Kier alpha value is -3.38. The molecule has 12 nitrogen and oxygen atoms in total. The second-order valence-electron chi connectivity index (χ2n) is 9.61. The van der Waals surface area contributed by atoms with Crippen molar-refractivity contribution in [2.45, 2.75) is 64.6 Å². The van der Waals surface area contributed by atoms with E-state index >= 15 is 0 Å². The van der Waals surface area contributed by atoms with E-state index in [1.54, 1.807) is 32.9 Å². The zero-order valence-corrected chi connectivity index (χ0v) is 22.5. The van der Waals surface area contributed by atoms with Crippen LogP contribution in [0, 0.1) is 0 Å². The maximum absolute atomic E-state index is 12.2. The zero-order chi connectivity index (χ0) is 27.6. The SMILES string of the molecule is CC(C)(C)OC(=O)NNc1ccc(C(=O)NCCOCCOCCNC(=O)OC2C/C=C/CCCC2)cn1. The Morgan fingerprint density at radius 1 is 0.947 bits per heavy atom. The van der Waals surface area contributed by atoms with E-state index in [9.17, 15) is 14.4 Å². The van der Waals surface area contributed by atoms with Crippen molar-refractivity contribution in [3.8, 4) is 0 Å². The molecule has 1 aliphatic carbocycles. The molecule has 0 radical (unpaired) electrons. The van der Waals surface area contributed by atoms with Crippen LogP contribution in [0.2, 0.25) is 0 Å². The Bertz CT molecular complexity index is 887. The van der Waals surface area contributed by atoms with Crippen LogP contribution in [-0.2, 0) is 18.9 Å². The largest absolute Gasteiger partial charge is 0.446 e. The van der Waals surface area contributed by atoms with Gasteiger partial charge in [-0.3, -0.25) is 10.2 Å². The van der Waals surface area contributed by atoms with Crippen LogP contribution in [0.1, 0.15) is 63.2 Å². The number of alkyl carbamates (subject to hydrolysis) is 1. The molecule has 12 heteroatoms. The third kappa shape index (κ3) is 14.4. The Balaban J connectivity index is 1.46. The number of hydrogen-bond donors (Lipinski definition) is 4. The molecule has 3 amide bonds. The number of hydrazine groups is 1. The highest BCUT2D eigenvalue weighted by Gasteiger charge is 2.16. The van der Waals surface area contributed by atoms with Crippen LogP contribution >= 0.6 is 0 Å². The van der Waals surface area contributed by atoms with Crippen LogP contribution in [0.3, 0.4) is 0 Å². The fraction of sp³-hybridized carbons (Fsp3) is 0.615. The smallest absolute Gasteiger partial charge is 0.426 e. The molecule has 1 atom stereocenters. The Labute approximate surface area is 224 Å². The Morgan fingerprint density at radius 2 is 1.68 bits per heavy atom. The standard InChI is InChI=1S/C26H41N5O7/c1-26(2,3)38-25(34)31-30-22-12-11-20(19-29-22)23(32)27-13-15-35-17-18-36-16-14-28-24(33)37-21-9-7-5-4-6-8-10-21/h5,7,11-12,19,21H,4,6,8-10,13-18H2,1-3H3,(H,27,32)(H,28,33)(H,29,30)(H,31,34)/b7-5+. The van der Waals surface area contributed by atoms with Crippen molar-refractivity contribution in [3.63, 3.8) is 0 Å². The van der Waals surface area contributed by atoms with Crippen molar-refractivity contribution in [1.29, 1.82) is 0 Å². The van der Waals surface area contributed by atoms with E-state index in [0.29, 0.717) is 50.9 Å². The maximum Gasteiger partial charge on any atom is 0.426 e. The van der Waals surface area contributed by atoms with Crippen LogP contribution < -0.4 is 21.5 Å². The molecule has 38 heavy (non-hydrogen) atoms. The summed E-state index contributed by atoms with van der Waals surface area (Å²) in [6.45, 7) is 7.36. The molecule has 0 aliphatic heterocycles. The van der Waals surface area contributed by atoms with Gasteiger partial charge in [-0.25, -0.2) is 20.0 Å².